The lowest BCUT2D eigenvalue weighted by Gasteiger charge is -2.59. The molecule has 2 aromatic carbocycles. The molecule has 2 aliphatic heterocycles. The van der Waals surface area contributed by atoms with Gasteiger partial charge in [-0.25, -0.2) is 13.2 Å². The lowest BCUT2D eigenvalue weighted by Crippen LogP contribution is -2.62. The molecule has 3 aromatic rings. The summed E-state index contributed by atoms with van der Waals surface area (Å²) < 4.78 is 44.5. The molecular weight excluding hydrogens is 475 g/mol. The van der Waals surface area contributed by atoms with Gasteiger partial charge in [0, 0.05) is 42.4 Å². The summed E-state index contributed by atoms with van der Waals surface area (Å²) in [6.07, 6.45) is 1.80. The maximum Gasteiger partial charge on any atom is 0.265 e. The number of nitrogens with zero attached hydrogens (tertiary/aromatic N) is 5. The molecule has 7 rings (SSSR count). The average molecular weight is 500 g/mol. The number of alkyl halides is 2. The van der Waals surface area contributed by atoms with Crippen LogP contribution in [0.5, 0.6) is 0 Å². The quantitative estimate of drug-likeness (QED) is 0.478. The Balaban J connectivity index is 1.14. The van der Waals surface area contributed by atoms with Crippen molar-refractivity contribution in [1.29, 1.82) is 0 Å². The highest BCUT2D eigenvalue weighted by Gasteiger charge is 2.60. The Bertz CT molecular complexity index is 1340. The number of hydrogen-bond acceptors (Lipinski definition) is 4. The van der Waals surface area contributed by atoms with Gasteiger partial charge in [0.05, 0.1) is 24.0 Å². The number of anilines is 1. The van der Waals surface area contributed by atoms with Crippen LogP contribution in [0.1, 0.15) is 48.0 Å². The lowest BCUT2D eigenvalue weighted by molar-refractivity contribution is 0.0581. The summed E-state index contributed by atoms with van der Waals surface area (Å²) in [6, 6.07) is 10.4. The minimum atomic E-state index is -2.65. The second-order valence-corrected chi connectivity index (χ2v) is 11.3. The van der Waals surface area contributed by atoms with Gasteiger partial charge in [-0.1, -0.05) is 23.7 Å². The van der Waals surface area contributed by atoms with E-state index in [2.05, 4.69) is 19.7 Å². The number of halogens is 4. The van der Waals surface area contributed by atoms with Crippen LogP contribution in [-0.4, -0.2) is 44.7 Å². The van der Waals surface area contributed by atoms with Crippen molar-refractivity contribution in [3.05, 3.63) is 70.0 Å². The van der Waals surface area contributed by atoms with Crippen molar-refractivity contribution in [1.82, 2.24) is 19.7 Å². The van der Waals surface area contributed by atoms with Gasteiger partial charge in [-0.05, 0) is 55.2 Å². The predicted octanol–water partition coefficient (Wildman–Crippen LogP) is 5.48. The van der Waals surface area contributed by atoms with E-state index in [1.807, 2.05) is 30.3 Å². The number of hydrogen-bond donors (Lipinski definition) is 0. The zero-order chi connectivity index (χ0) is 24.1. The standard InChI is InChI=1S/C26H25ClF3N5/c1-15-3-2-4-20(23(15)28)34-13-25(14-34)8-17(9-25)24-32-31-22-12-33(21-10-26(21,29)30)11-16-7-18(27)5-6-19(16)35(22)24/h2-7,17,21H,8-14H2,1H3. The van der Waals surface area contributed by atoms with Crippen LogP contribution < -0.4 is 4.90 Å². The van der Waals surface area contributed by atoms with E-state index in [9.17, 15) is 13.2 Å². The van der Waals surface area contributed by atoms with Crippen LogP contribution in [0.25, 0.3) is 5.69 Å². The van der Waals surface area contributed by atoms with Gasteiger partial charge in [0.25, 0.3) is 5.92 Å². The average Bonchev–Trinajstić information content (AvgIpc) is 3.27. The SMILES string of the molecule is Cc1cccc(N2CC3(CC(c4nnc5n4-c4ccc(Cl)cc4CN(C4CC4(F)F)C5)C3)C2)c1F. The zero-order valence-corrected chi connectivity index (χ0v) is 20.1. The Kier molecular flexibility index (Phi) is 4.48. The second-order valence-electron chi connectivity index (χ2n) is 10.8. The highest BCUT2D eigenvalue weighted by molar-refractivity contribution is 6.30. The van der Waals surface area contributed by atoms with Crippen molar-refractivity contribution < 1.29 is 13.2 Å². The molecular formula is C26H25ClF3N5. The molecule has 0 amide bonds. The molecule has 9 heteroatoms. The molecule has 3 fully saturated rings. The molecule has 1 saturated heterocycles. The fourth-order valence-electron chi connectivity index (χ4n) is 6.37. The Morgan fingerprint density at radius 3 is 2.51 bits per heavy atom. The lowest BCUT2D eigenvalue weighted by atomic mass is 9.57. The van der Waals surface area contributed by atoms with Crippen molar-refractivity contribution in [2.24, 2.45) is 5.41 Å². The van der Waals surface area contributed by atoms with Gasteiger partial charge < -0.3 is 4.90 Å². The number of fused-ring (bicyclic) bond motifs is 3. The van der Waals surface area contributed by atoms with E-state index in [-0.39, 0.29) is 23.6 Å². The van der Waals surface area contributed by atoms with Crippen molar-refractivity contribution in [2.75, 3.05) is 18.0 Å². The second kappa shape index (κ2) is 7.23. The minimum absolute atomic E-state index is 0.118. The van der Waals surface area contributed by atoms with Gasteiger partial charge in [0.2, 0.25) is 0 Å². The van der Waals surface area contributed by atoms with Crippen molar-refractivity contribution in [3.8, 4) is 5.69 Å². The van der Waals surface area contributed by atoms with Gasteiger partial charge in [-0.3, -0.25) is 9.47 Å². The van der Waals surface area contributed by atoms with Crippen LogP contribution in [-0.2, 0) is 13.1 Å². The Morgan fingerprint density at radius 1 is 1.00 bits per heavy atom. The number of benzene rings is 2. The summed E-state index contributed by atoms with van der Waals surface area (Å²) >= 11 is 6.28. The first kappa shape index (κ1) is 21.7. The Hall–Kier alpha value is -2.58. The largest absolute Gasteiger partial charge is 0.368 e. The number of rotatable bonds is 3. The maximum atomic E-state index is 14.6. The van der Waals surface area contributed by atoms with Gasteiger partial charge in [0.1, 0.15) is 11.6 Å². The number of aromatic nitrogens is 3. The molecule has 1 spiro atoms. The molecule has 1 atom stereocenters. The molecule has 0 radical (unpaired) electrons. The van der Waals surface area contributed by atoms with E-state index in [0.29, 0.717) is 35.2 Å². The molecule has 0 N–H and O–H groups in total. The molecule has 0 bridgehead atoms. The summed E-state index contributed by atoms with van der Waals surface area (Å²) in [4.78, 5) is 3.92. The van der Waals surface area contributed by atoms with Gasteiger partial charge in [0.15, 0.2) is 5.82 Å². The third kappa shape index (κ3) is 3.33. The van der Waals surface area contributed by atoms with Crippen LogP contribution in [0.2, 0.25) is 5.02 Å². The summed E-state index contributed by atoms with van der Waals surface area (Å²) in [5, 5.41) is 9.60. The van der Waals surface area contributed by atoms with Crippen LogP contribution in [0.3, 0.4) is 0 Å². The first-order chi connectivity index (χ1) is 16.7. The van der Waals surface area contributed by atoms with E-state index in [4.69, 9.17) is 11.6 Å². The number of aryl methyl sites for hydroxylation is 1. The molecule has 2 saturated carbocycles. The normalized spacial score (nSPS) is 24.4. The van der Waals surface area contributed by atoms with E-state index in [1.165, 1.54) is 0 Å². The predicted molar refractivity (Wildman–Crippen MR) is 127 cm³/mol. The topological polar surface area (TPSA) is 37.2 Å². The van der Waals surface area contributed by atoms with E-state index >= 15 is 0 Å². The fourth-order valence-corrected chi connectivity index (χ4v) is 6.56. The molecule has 2 aliphatic carbocycles. The van der Waals surface area contributed by atoms with E-state index < -0.39 is 12.0 Å². The summed E-state index contributed by atoms with van der Waals surface area (Å²) in [7, 11) is 0. The molecule has 5 nitrogen and oxygen atoms in total. The van der Waals surface area contributed by atoms with E-state index in [1.54, 1.807) is 17.9 Å². The minimum Gasteiger partial charge on any atom is -0.368 e. The molecule has 35 heavy (non-hydrogen) atoms. The van der Waals surface area contributed by atoms with Crippen molar-refractivity contribution in [3.63, 3.8) is 0 Å². The van der Waals surface area contributed by atoms with Gasteiger partial charge in [-0.2, -0.15) is 0 Å². The summed E-state index contributed by atoms with van der Waals surface area (Å²) in [5.74, 6) is -0.967. The van der Waals surface area contributed by atoms with Crippen molar-refractivity contribution in [2.45, 2.75) is 57.2 Å². The van der Waals surface area contributed by atoms with Crippen LogP contribution in [0.15, 0.2) is 36.4 Å². The van der Waals surface area contributed by atoms with Crippen molar-refractivity contribution >= 4 is 17.3 Å². The van der Waals surface area contributed by atoms with E-state index in [0.717, 1.165) is 43.0 Å². The van der Waals surface area contributed by atoms with Crippen LogP contribution in [0, 0.1) is 18.2 Å². The molecule has 1 unspecified atom stereocenters. The molecule has 3 heterocycles. The summed E-state index contributed by atoms with van der Waals surface area (Å²) in [5.41, 5.74) is 3.35. The molecule has 182 valence electrons. The summed E-state index contributed by atoms with van der Waals surface area (Å²) in [6.45, 7) is 4.20. The zero-order valence-electron chi connectivity index (χ0n) is 19.3. The Labute approximate surface area is 206 Å². The van der Waals surface area contributed by atoms with Crippen LogP contribution in [0.4, 0.5) is 18.9 Å². The highest BCUT2D eigenvalue weighted by atomic mass is 35.5. The fraction of sp³-hybridized carbons (Fsp3) is 0.462. The first-order valence-corrected chi connectivity index (χ1v) is 12.5. The highest BCUT2D eigenvalue weighted by Crippen LogP contribution is 2.57. The van der Waals surface area contributed by atoms with Crippen LogP contribution >= 0.6 is 11.6 Å². The first-order valence-electron chi connectivity index (χ1n) is 12.1. The molecule has 4 aliphatic rings. The maximum absolute atomic E-state index is 14.6. The van der Waals surface area contributed by atoms with Gasteiger partial charge in [-0.15, -0.1) is 10.2 Å². The molecule has 1 aromatic heterocycles. The Morgan fingerprint density at radius 2 is 1.77 bits per heavy atom. The monoisotopic (exact) mass is 499 g/mol. The van der Waals surface area contributed by atoms with Gasteiger partial charge >= 0.3 is 0 Å². The smallest absolute Gasteiger partial charge is 0.265 e. The third-order valence-corrected chi connectivity index (χ3v) is 8.51. The third-order valence-electron chi connectivity index (χ3n) is 8.28.